The van der Waals surface area contributed by atoms with Crippen molar-refractivity contribution >= 4 is 11.9 Å². The van der Waals surface area contributed by atoms with Crippen molar-refractivity contribution in [2.45, 2.75) is 45.7 Å². The number of carbonyl (C=O) groups is 1. The molecule has 1 fully saturated rings. The van der Waals surface area contributed by atoms with Crippen molar-refractivity contribution in [2.24, 2.45) is 10.9 Å². The van der Waals surface area contributed by atoms with Gasteiger partial charge in [-0.3, -0.25) is 9.79 Å². The van der Waals surface area contributed by atoms with Crippen molar-refractivity contribution in [3.05, 3.63) is 35.4 Å². The van der Waals surface area contributed by atoms with Gasteiger partial charge in [0.15, 0.2) is 5.96 Å². The van der Waals surface area contributed by atoms with E-state index in [0.717, 1.165) is 77.8 Å². The molecular weight excluding hydrogens is 380 g/mol. The van der Waals surface area contributed by atoms with Crippen LogP contribution < -0.4 is 10.6 Å². The summed E-state index contributed by atoms with van der Waals surface area (Å²) in [4.78, 5) is 19.0. The summed E-state index contributed by atoms with van der Waals surface area (Å²) in [6.45, 7) is 9.04. The Morgan fingerprint density at radius 2 is 2.03 bits per heavy atom. The minimum absolute atomic E-state index is 0.212. The third-order valence-electron chi connectivity index (χ3n) is 5.49. The highest BCUT2D eigenvalue weighted by Gasteiger charge is 2.22. The van der Waals surface area contributed by atoms with Crippen molar-refractivity contribution in [3.8, 4) is 0 Å². The van der Waals surface area contributed by atoms with Gasteiger partial charge >= 0.3 is 0 Å². The summed E-state index contributed by atoms with van der Waals surface area (Å²) in [7, 11) is 0. The molecule has 3 rings (SSSR count). The second-order valence-corrected chi connectivity index (χ2v) is 7.97. The van der Waals surface area contributed by atoms with E-state index in [1.165, 1.54) is 11.1 Å². The summed E-state index contributed by atoms with van der Waals surface area (Å²) in [5, 5.41) is 6.60. The molecule has 1 amide bonds. The molecule has 2 N–H and O–H groups in total. The third kappa shape index (κ3) is 7.29. The van der Waals surface area contributed by atoms with E-state index >= 15 is 0 Å². The smallest absolute Gasteiger partial charge is 0.223 e. The van der Waals surface area contributed by atoms with Crippen LogP contribution >= 0.6 is 0 Å². The van der Waals surface area contributed by atoms with Gasteiger partial charge in [0, 0.05) is 58.3 Å². The zero-order valence-electron chi connectivity index (χ0n) is 18.2. The van der Waals surface area contributed by atoms with Gasteiger partial charge in [0.1, 0.15) is 0 Å². The number of hydrogen-bond acceptors (Lipinski definition) is 4. The van der Waals surface area contributed by atoms with E-state index < -0.39 is 0 Å². The van der Waals surface area contributed by atoms with Gasteiger partial charge in [-0.1, -0.05) is 24.3 Å². The SMILES string of the molecule is CCNC(=NCCCC(=O)N1Cc2ccccc2C1)NCCCOCC1CCOC1. The summed E-state index contributed by atoms with van der Waals surface area (Å²) in [6, 6.07) is 8.28. The molecule has 7 heteroatoms. The van der Waals surface area contributed by atoms with Crippen LogP contribution in [0, 0.1) is 5.92 Å². The summed E-state index contributed by atoms with van der Waals surface area (Å²) < 4.78 is 11.1. The predicted molar refractivity (Wildman–Crippen MR) is 118 cm³/mol. The molecule has 0 radical (unpaired) electrons. The molecule has 1 atom stereocenters. The Morgan fingerprint density at radius 1 is 1.23 bits per heavy atom. The number of benzene rings is 1. The molecular formula is C23H36N4O3. The Kier molecular flexibility index (Phi) is 9.44. The Hall–Kier alpha value is -2.12. The zero-order chi connectivity index (χ0) is 21.0. The summed E-state index contributed by atoms with van der Waals surface area (Å²) in [5.74, 6) is 1.58. The number of hydrogen-bond donors (Lipinski definition) is 2. The first-order chi connectivity index (χ1) is 14.8. The molecule has 1 saturated heterocycles. The molecule has 0 aromatic heterocycles. The fourth-order valence-corrected chi connectivity index (χ4v) is 3.78. The van der Waals surface area contributed by atoms with Crippen molar-refractivity contribution in [3.63, 3.8) is 0 Å². The number of fused-ring (bicyclic) bond motifs is 1. The average Bonchev–Trinajstić information content (AvgIpc) is 3.43. The molecule has 7 nitrogen and oxygen atoms in total. The number of carbonyl (C=O) groups excluding carboxylic acids is 1. The zero-order valence-corrected chi connectivity index (χ0v) is 18.2. The van der Waals surface area contributed by atoms with Crippen LogP contribution in [0.4, 0.5) is 0 Å². The molecule has 166 valence electrons. The average molecular weight is 417 g/mol. The van der Waals surface area contributed by atoms with E-state index in [1.807, 2.05) is 17.0 Å². The maximum absolute atomic E-state index is 12.5. The monoisotopic (exact) mass is 416 g/mol. The molecule has 1 unspecified atom stereocenters. The quantitative estimate of drug-likeness (QED) is 0.329. The lowest BCUT2D eigenvalue weighted by molar-refractivity contribution is -0.131. The van der Waals surface area contributed by atoms with Crippen molar-refractivity contribution in [2.75, 3.05) is 46.1 Å². The van der Waals surface area contributed by atoms with Crippen LogP contribution in [0.3, 0.4) is 0 Å². The highest BCUT2D eigenvalue weighted by molar-refractivity contribution is 5.80. The third-order valence-corrected chi connectivity index (χ3v) is 5.49. The van der Waals surface area contributed by atoms with Gasteiger partial charge in [-0.2, -0.15) is 0 Å². The lowest BCUT2D eigenvalue weighted by Gasteiger charge is -2.15. The normalized spacial score (nSPS) is 18.5. The summed E-state index contributed by atoms with van der Waals surface area (Å²) >= 11 is 0. The Labute approximate surface area is 180 Å². The van der Waals surface area contributed by atoms with Gasteiger partial charge in [0.25, 0.3) is 0 Å². The van der Waals surface area contributed by atoms with Crippen molar-refractivity contribution in [1.82, 2.24) is 15.5 Å². The van der Waals surface area contributed by atoms with Crippen LogP contribution in [0.5, 0.6) is 0 Å². The van der Waals surface area contributed by atoms with Gasteiger partial charge in [-0.05, 0) is 37.3 Å². The standard InChI is InChI=1S/C23H36N4O3/c1-2-24-23(26-12-6-13-29-17-19-10-14-30-18-19)25-11-5-9-22(28)27-15-20-7-3-4-8-21(20)16-27/h3-4,7-8,19H,2,5-6,9-18H2,1H3,(H2,24,25,26). The first-order valence-electron chi connectivity index (χ1n) is 11.3. The number of nitrogens with zero attached hydrogens (tertiary/aromatic N) is 2. The first-order valence-corrected chi connectivity index (χ1v) is 11.3. The number of amides is 1. The largest absolute Gasteiger partial charge is 0.381 e. The predicted octanol–water partition coefficient (Wildman–Crippen LogP) is 2.31. The van der Waals surface area contributed by atoms with Crippen LogP contribution in [0.25, 0.3) is 0 Å². The minimum atomic E-state index is 0.212. The van der Waals surface area contributed by atoms with Gasteiger partial charge in [0.2, 0.25) is 5.91 Å². The molecule has 1 aromatic carbocycles. The van der Waals surface area contributed by atoms with Gasteiger partial charge in [-0.25, -0.2) is 0 Å². The highest BCUT2D eigenvalue weighted by Crippen LogP contribution is 2.22. The van der Waals surface area contributed by atoms with Crippen molar-refractivity contribution in [1.29, 1.82) is 0 Å². The Balaban J connectivity index is 1.27. The topological polar surface area (TPSA) is 75.2 Å². The van der Waals surface area contributed by atoms with Crippen LogP contribution in [-0.4, -0.2) is 62.8 Å². The number of aliphatic imine (C=N–C) groups is 1. The molecule has 0 aliphatic carbocycles. The summed E-state index contributed by atoms with van der Waals surface area (Å²) in [6.07, 6.45) is 3.35. The molecule has 0 bridgehead atoms. The van der Waals surface area contributed by atoms with Crippen LogP contribution in [-0.2, 0) is 27.4 Å². The highest BCUT2D eigenvalue weighted by atomic mass is 16.5. The van der Waals surface area contributed by atoms with Crippen LogP contribution in [0.1, 0.15) is 43.7 Å². The molecule has 0 spiro atoms. The fraction of sp³-hybridized carbons (Fsp3) is 0.652. The molecule has 2 heterocycles. The maximum Gasteiger partial charge on any atom is 0.223 e. The van der Waals surface area contributed by atoms with E-state index in [2.05, 4.69) is 34.7 Å². The van der Waals surface area contributed by atoms with Crippen molar-refractivity contribution < 1.29 is 14.3 Å². The lowest BCUT2D eigenvalue weighted by atomic mass is 10.1. The molecule has 0 saturated carbocycles. The minimum Gasteiger partial charge on any atom is -0.381 e. The molecule has 30 heavy (non-hydrogen) atoms. The van der Waals surface area contributed by atoms with E-state index in [0.29, 0.717) is 18.9 Å². The first kappa shape index (κ1) is 22.6. The molecule has 2 aliphatic heterocycles. The number of nitrogens with one attached hydrogen (secondary N) is 2. The molecule has 2 aliphatic rings. The Morgan fingerprint density at radius 3 is 2.73 bits per heavy atom. The molecule has 1 aromatic rings. The van der Waals surface area contributed by atoms with E-state index in [4.69, 9.17) is 9.47 Å². The van der Waals surface area contributed by atoms with Gasteiger partial charge in [0.05, 0.1) is 13.2 Å². The van der Waals surface area contributed by atoms with E-state index in [9.17, 15) is 4.79 Å². The van der Waals surface area contributed by atoms with Crippen LogP contribution in [0.15, 0.2) is 29.3 Å². The second kappa shape index (κ2) is 12.5. The van der Waals surface area contributed by atoms with Crippen LogP contribution in [0.2, 0.25) is 0 Å². The van der Waals surface area contributed by atoms with Gasteiger partial charge in [-0.15, -0.1) is 0 Å². The second-order valence-electron chi connectivity index (χ2n) is 7.97. The van der Waals surface area contributed by atoms with E-state index in [1.54, 1.807) is 0 Å². The number of guanidine groups is 1. The number of rotatable bonds is 11. The summed E-state index contributed by atoms with van der Waals surface area (Å²) in [5.41, 5.74) is 2.53. The maximum atomic E-state index is 12.5. The lowest BCUT2D eigenvalue weighted by Crippen LogP contribution is -2.38. The Bertz CT molecular complexity index is 664. The number of ether oxygens (including phenoxy) is 2. The van der Waals surface area contributed by atoms with Gasteiger partial charge < -0.3 is 25.0 Å². The van der Waals surface area contributed by atoms with E-state index in [-0.39, 0.29) is 5.91 Å². The fourth-order valence-electron chi connectivity index (χ4n) is 3.78.